The molecule has 5 nitrogen and oxygen atoms in total. The fraction of sp³-hybridized carbons (Fsp3) is 0.0870. The highest BCUT2D eigenvalue weighted by Gasteiger charge is 2.15. The fourth-order valence-electron chi connectivity index (χ4n) is 2.76. The summed E-state index contributed by atoms with van der Waals surface area (Å²) in [6.45, 7) is 3.68. The monoisotopic (exact) mass is 449 g/mol. The number of hydrazone groups is 1. The van der Waals surface area contributed by atoms with Crippen LogP contribution in [0.1, 0.15) is 38.8 Å². The van der Waals surface area contributed by atoms with Gasteiger partial charge in [-0.05, 0) is 55.3 Å². The molecule has 3 aromatic rings. The maximum atomic E-state index is 12.7. The van der Waals surface area contributed by atoms with Crippen LogP contribution in [0, 0.1) is 6.92 Å². The summed E-state index contributed by atoms with van der Waals surface area (Å²) >= 11 is 3.39. The molecule has 0 spiro atoms. The van der Waals surface area contributed by atoms with Gasteiger partial charge in [0.1, 0.15) is 0 Å². The Balaban J connectivity index is 1.76. The lowest BCUT2D eigenvalue weighted by Crippen LogP contribution is -2.22. The van der Waals surface area contributed by atoms with Gasteiger partial charge < -0.3 is 5.32 Å². The van der Waals surface area contributed by atoms with E-state index in [1.807, 2.05) is 50.2 Å². The standard InChI is InChI=1S/C23H20BrN3O2/c1-15-7-3-4-8-19(15)22(28)25-21-10-6-5-9-20(21)23(29)27-26-16(2)17-11-13-18(24)14-12-17/h3-14H,1-2H3,(H,25,28)(H,27,29)/b26-16-. The SMILES string of the molecule is C/C(=N/NC(=O)c1ccccc1NC(=O)c1ccccc1C)c1ccc(Br)cc1. The Morgan fingerprint density at radius 3 is 2.14 bits per heavy atom. The van der Waals surface area contributed by atoms with Crippen LogP contribution in [0.15, 0.2) is 82.4 Å². The molecule has 0 aliphatic heterocycles. The van der Waals surface area contributed by atoms with Crippen LogP contribution in [0.5, 0.6) is 0 Å². The molecule has 2 N–H and O–H groups in total. The molecule has 0 fully saturated rings. The predicted molar refractivity (Wildman–Crippen MR) is 119 cm³/mol. The molecule has 0 heterocycles. The molecule has 0 radical (unpaired) electrons. The number of aryl methyl sites for hydroxylation is 1. The zero-order valence-corrected chi connectivity index (χ0v) is 17.7. The minimum Gasteiger partial charge on any atom is -0.321 e. The summed E-state index contributed by atoms with van der Waals surface area (Å²) in [6, 6.07) is 21.8. The first kappa shape index (κ1) is 20.5. The molecule has 6 heteroatoms. The van der Waals surface area contributed by atoms with E-state index in [4.69, 9.17) is 0 Å². The third-order valence-corrected chi connectivity index (χ3v) is 4.93. The van der Waals surface area contributed by atoms with E-state index in [0.717, 1.165) is 15.6 Å². The van der Waals surface area contributed by atoms with Gasteiger partial charge in [-0.15, -0.1) is 0 Å². The number of carbonyl (C=O) groups excluding carboxylic acids is 2. The van der Waals surface area contributed by atoms with Crippen molar-refractivity contribution in [2.45, 2.75) is 13.8 Å². The van der Waals surface area contributed by atoms with Gasteiger partial charge in [-0.25, -0.2) is 5.43 Å². The average Bonchev–Trinajstić information content (AvgIpc) is 2.73. The van der Waals surface area contributed by atoms with Crippen LogP contribution in [-0.2, 0) is 0 Å². The van der Waals surface area contributed by atoms with E-state index in [-0.39, 0.29) is 5.91 Å². The molecule has 3 aromatic carbocycles. The Hall–Kier alpha value is -3.25. The normalized spacial score (nSPS) is 11.1. The minimum atomic E-state index is -0.401. The van der Waals surface area contributed by atoms with E-state index in [9.17, 15) is 9.59 Å². The maximum Gasteiger partial charge on any atom is 0.273 e. The zero-order chi connectivity index (χ0) is 20.8. The summed E-state index contributed by atoms with van der Waals surface area (Å²) in [5, 5.41) is 7.00. The molecule has 2 amide bonds. The number of nitrogens with zero attached hydrogens (tertiary/aromatic N) is 1. The van der Waals surface area contributed by atoms with Crippen LogP contribution in [0.25, 0.3) is 0 Å². The van der Waals surface area contributed by atoms with Gasteiger partial charge in [0.25, 0.3) is 11.8 Å². The summed E-state index contributed by atoms with van der Waals surface area (Å²) in [5.74, 6) is -0.667. The number of nitrogens with one attached hydrogen (secondary N) is 2. The van der Waals surface area contributed by atoms with Crippen molar-refractivity contribution >= 4 is 39.1 Å². The molecule has 0 saturated heterocycles. The number of rotatable bonds is 5. The van der Waals surface area contributed by atoms with Crippen LogP contribution >= 0.6 is 15.9 Å². The number of hydrogen-bond donors (Lipinski definition) is 2. The summed E-state index contributed by atoms with van der Waals surface area (Å²) < 4.78 is 0.969. The fourth-order valence-corrected chi connectivity index (χ4v) is 3.02. The van der Waals surface area contributed by atoms with Crippen LogP contribution in [0.3, 0.4) is 0 Å². The Labute approximate surface area is 178 Å². The van der Waals surface area contributed by atoms with Crippen molar-refractivity contribution in [2.75, 3.05) is 5.32 Å². The highest BCUT2D eigenvalue weighted by Crippen LogP contribution is 2.18. The van der Waals surface area contributed by atoms with Gasteiger partial charge >= 0.3 is 0 Å². The summed E-state index contributed by atoms with van der Waals surface area (Å²) in [4.78, 5) is 25.3. The second kappa shape index (κ2) is 9.30. The van der Waals surface area contributed by atoms with Gasteiger partial charge in [-0.1, -0.05) is 58.4 Å². The molecule has 0 bridgehead atoms. The second-order valence-corrected chi connectivity index (χ2v) is 7.38. The molecule has 29 heavy (non-hydrogen) atoms. The van der Waals surface area contributed by atoms with E-state index >= 15 is 0 Å². The third-order valence-electron chi connectivity index (χ3n) is 4.40. The molecule has 0 aromatic heterocycles. The van der Waals surface area contributed by atoms with Crippen molar-refractivity contribution in [1.29, 1.82) is 0 Å². The van der Waals surface area contributed by atoms with E-state index in [1.54, 1.807) is 36.4 Å². The smallest absolute Gasteiger partial charge is 0.273 e. The van der Waals surface area contributed by atoms with Crippen molar-refractivity contribution in [2.24, 2.45) is 5.10 Å². The molecule has 0 aliphatic carbocycles. The van der Waals surface area contributed by atoms with Gasteiger partial charge in [0, 0.05) is 10.0 Å². The van der Waals surface area contributed by atoms with Gasteiger partial charge in [0.15, 0.2) is 0 Å². The molecule has 0 unspecified atom stereocenters. The summed E-state index contributed by atoms with van der Waals surface area (Å²) in [5.41, 5.74) is 6.32. The minimum absolute atomic E-state index is 0.266. The Kier molecular flexibility index (Phi) is 6.57. The number of para-hydroxylation sites is 1. The van der Waals surface area contributed by atoms with Crippen molar-refractivity contribution in [3.05, 3.63) is 99.5 Å². The van der Waals surface area contributed by atoms with Crippen molar-refractivity contribution in [3.8, 4) is 0 Å². The lowest BCUT2D eigenvalue weighted by atomic mass is 10.1. The molecular weight excluding hydrogens is 430 g/mol. The first-order valence-corrected chi connectivity index (χ1v) is 9.81. The average molecular weight is 450 g/mol. The molecule has 0 atom stereocenters. The highest BCUT2D eigenvalue weighted by molar-refractivity contribution is 9.10. The van der Waals surface area contributed by atoms with Crippen LogP contribution < -0.4 is 10.7 Å². The van der Waals surface area contributed by atoms with Crippen LogP contribution in [0.4, 0.5) is 5.69 Å². The molecule has 0 saturated carbocycles. The molecular formula is C23H20BrN3O2. The van der Waals surface area contributed by atoms with Gasteiger partial charge in [0.05, 0.1) is 17.0 Å². The highest BCUT2D eigenvalue weighted by atomic mass is 79.9. The molecule has 3 rings (SSSR count). The van der Waals surface area contributed by atoms with Gasteiger partial charge in [-0.3, -0.25) is 9.59 Å². The molecule has 0 aliphatic rings. The largest absolute Gasteiger partial charge is 0.321 e. The number of amides is 2. The lowest BCUT2D eigenvalue weighted by Gasteiger charge is -2.11. The van der Waals surface area contributed by atoms with Crippen molar-refractivity contribution in [3.63, 3.8) is 0 Å². The first-order chi connectivity index (χ1) is 14.0. The topological polar surface area (TPSA) is 70.6 Å². The number of carbonyl (C=O) groups is 2. The quantitative estimate of drug-likeness (QED) is 0.416. The van der Waals surface area contributed by atoms with Crippen molar-refractivity contribution < 1.29 is 9.59 Å². The van der Waals surface area contributed by atoms with E-state index < -0.39 is 5.91 Å². The van der Waals surface area contributed by atoms with E-state index in [0.29, 0.717) is 22.5 Å². The number of halogens is 1. The van der Waals surface area contributed by atoms with Gasteiger partial charge in [0.2, 0.25) is 0 Å². The van der Waals surface area contributed by atoms with Crippen molar-refractivity contribution in [1.82, 2.24) is 5.43 Å². The maximum absolute atomic E-state index is 12.7. The van der Waals surface area contributed by atoms with E-state index in [2.05, 4.69) is 31.8 Å². The molecule has 146 valence electrons. The number of benzene rings is 3. The Bertz CT molecular complexity index is 1080. The number of anilines is 1. The summed E-state index contributed by atoms with van der Waals surface area (Å²) in [7, 11) is 0. The Morgan fingerprint density at radius 1 is 0.828 bits per heavy atom. The first-order valence-electron chi connectivity index (χ1n) is 9.02. The summed E-state index contributed by atoms with van der Waals surface area (Å²) in [6.07, 6.45) is 0. The lowest BCUT2D eigenvalue weighted by molar-refractivity contribution is 0.0955. The van der Waals surface area contributed by atoms with Crippen LogP contribution in [0.2, 0.25) is 0 Å². The third kappa shape index (κ3) is 5.18. The van der Waals surface area contributed by atoms with Crippen LogP contribution in [-0.4, -0.2) is 17.5 Å². The predicted octanol–water partition coefficient (Wildman–Crippen LogP) is 5.16. The second-order valence-electron chi connectivity index (χ2n) is 6.46. The van der Waals surface area contributed by atoms with E-state index in [1.165, 1.54) is 0 Å². The zero-order valence-electron chi connectivity index (χ0n) is 16.1. The van der Waals surface area contributed by atoms with Gasteiger partial charge in [-0.2, -0.15) is 5.10 Å². The Morgan fingerprint density at radius 2 is 1.45 bits per heavy atom. The number of hydrogen-bond acceptors (Lipinski definition) is 3.